The van der Waals surface area contributed by atoms with Crippen LogP contribution in [0, 0.1) is 0 Å². The van der Waals surface area contributed by atoms with Crippen LogP contribution in [-0.4, -0.2) is 45.9 Å². The first-order valence-corrected chi connectivity index (χ1v) is 7.58. The molecule has 106 valence electrons. The van der Waals surface area contributed by atoms with E-state index >= 15 is 0 Å². The minimum Gasteiger partial charge on any atom is -0.378 e. The van der Waals surface area contributed by atoms with Gasteiger partial charge in [0.15, 0.2) is 0 Å². The summed E-state index contributed by atoms with van der Waals surface area (Å²) in [5.41, 5.74) is -0.593. The van der Waals surface area contributed by atoms with Crippen molar-refractivity contribution in [1.29, 1.82) is 0 Å². The third-order valence-corrected chi connectivity index (χ3v) is 4.70. The zero-order valence-electron chi connectivity index (χ0n) is 10.4. The molecule has 0 bridgehead atoms. The standard InChI is InChI=1S/C11H15ClN2O4S/c1-17-11(3-5-18-8-11)7-14-19(15,16)9-2-4-13-10(12)6-9/h2,4,6,14H,3,5,7-8H2,1H3. The summed E-state index contributed by atoms with van der Waals surface area (Å²) in [5.74, 6) is 0. The predicted octanol–water partition coefficient (Wildman–Crippen LogP) is 0.819. The molecule has 1 N–H and O–H groups in total. The van der Waals surface area contributed by atoms with Gasteiger partial charge < -0.3 is 9.47 Å². The van der Waals surface area contributed by atoms with Gasteiger partial charge in [0.25, 0.3) is 0 Å². The predicted molar refractivity (Wildman–Crippen MR) is 69.6 cm³/mol. The van der Waals surface area contributed by atoms with Crippen molar-refractivity contribution in [2.75, 3.05) is 26.9 Å². The Kier molecular flexibility index (Phi) is 4.42. The zero-order valence-corrected chi connectivity index (χ0v) is 12.0. The highest BCUT2D eigenvalue weighted by Gasteiger charge is 2.36. The molecule has 0 aliphatic carbocycles. The van der Waals surface area contributed by atoms with Crippen LogP contribution in [0.2, 0.25) is 5.15 Å². The number of ether oxygens (including phenoxy) is 2. The van der Waals surface area contributed by atoms with Gasteiger partial charge in [-0.15, -0.1) is 0 Å². The van der Waals surface area contributed by atoms with Crippen LogP contribution in [0.5, 0.6) is 0 Å². The fourth-order valence-corrected chi connectivity index (χ4v) is 3.19. The lowest BCUT2D eigenvalue weighted by Crippen LogP contribution is -2.44. The quantitative estimate of drug-likeness (QED) is 0.815. The molecule has 1 unspecified atom stereocenters. The van der Waals surface area contributed by atoms with Crippen molar-refractivity contribution in [2.24, 2.45) is 0 Å². The lowest BCUT2D eigenvalue weighted by molar-refractivity contribution is -0.0120. The maximum absolute atomic E-state index is 12.1. The van der Waals surface area contributed by atoms with Crippen molar-refractivity contribution in [1.82, 2.24) is 9.71 Å². The molecule has 0 radical (unpaired) electrons. The molecular formula is C11H15ClN2O4S. The Morgan fingerprint density at radius 1 is 1.63 bits per heavy atom. The first-order chi connectivity index (χ1) is 8.97. The van der Waals surface area contributed by atoms with Crippen molar-refractivity contribution >= 4 is 21.6 Å². The summed E-state index contributed by atoms with van der Waals surface area (Å²) in [6.45, 7) is 1.10. The normalized spacial score (nSPS) is 23.7. The minimum absolute atomic E-state index is 0.0812. The second-order valence-electron chi connectivity index (χ2n) is 4.33. The summed E-state index contributed by atoms with van der Waals surface area (Å²) in [6.07, 6.45) is 2.00. The van der Waals surface area contributed by atoms with Gasteiger partial charge in [-0.2, -0.15) is 0 Å². The average molecular weight is 307 g/mol. The van der Waals surface area contributed by atoms with Crippen molar-refractivity contribution < 1.29 is 17.9 Å². The molecule has 1 fully saturated rings. The third kappa shape index (κ3) is 3.43. The molecule has 1 saturated heterocycles. The molecular weight excluding hydrogens is 292 g/mol. The van der Waals surface area contributed by atoms with Crippen molar-refractivity contribution in [2.45, 2.75) is 16.9 Å². The number of hydrogen-bond acceptors (Lipinski definition) is 5. The first kappa shape index (κ1) is 14.7. The summed E-state index contributed by atoms with van der Waals surface area (Å²) in [4.78, 5) is 3.83. The molecule has 1 aliphatic heterocycles. The van der Waals surface area contributed by atoms with E-state index in [1.807, 2.05) is 0 Å². The number of rotatable bonds is 5. The monoisotopic (exact) mass is 306 g/mol. The lowest BCUT2D eigenvalue weighted by Gasteiger charge is -2.25. The molecule has 0 saturated carbocycles. The molecule has 1 aromatic rings. The summed E-state index contributed by atoms with van der Waals surface area (Å²) < 4.78 is 37.3. The molecule has 2 heterocycles. The number of hydrogen-bond donors (Lipinski definition) is 1. The fourth-order valence-electron chi connectivity index (χ4n) is 1.82. The van der Waals surface area contributed by atoms with Crippen LogP contribution in [0.1, 0.15) is 6.42 Å². The molecule has 1 aromatic heterocycles. The zero-order chi connectivity index (χ0) is 13.9. The highest BCUT2D eigenvalue weighted by Crippen LogP contribution is 2.22. The van der Waals surface area contributed by atoms with Crippen LogP contribution < -0.4 is 4.72 Å². The maximum atomic E-state index is 12.1. The molecule has 0 aromatic carbocycles. The Morgan fingerprint density at radius 2 is 2.42 bits per heavy atom. The molecule has 6 nitrogen and oxygen atoms in total. The van der Waals surface area contributed by atoms with E-state index in [0.29, 0.717) is 19.6 Å². The van der Waals surface area contributed by atoms with Gasteiger partial charge in [-0.3, -0.25) is 0 Å². The fraction of sp³-hybridized carbons (Fsp3) is 0.545. The number of sulfonamides is 1. The number of nitrogens with one attached hydrogen (secondary N) is 1. The van der Waals surface area contributed by atoms with Crippen LogP contribution >= 0.6 is 11.6 Å². The van der Waals surface area contributed by atoms with Gasteiger partial charge in [-0.1, -0.05) is 11.6 Å². The van der Waals surface area contributed by atoms with Crippen LogP contribution in [0.15, 0.2) is 23.2 Å². The Morgan fingerprint density at radius 3 is 3.00 bits per heavy atom. The van der Waals surface area contributed by atoms with E-state index in [4.69, 9.17) is 21.1 Å². The Balaban J connectivity index is 2.09. The van der Waals surface area contributed by atoms with Crippen LogP contribution in [0.3, 0.4) is 0 Å². The van der Waals surface area contributed by atoms with Crippen LogP contribution in [0.25, 0.3) is 0 Å². The number of pyridine rings is 1. The summed E-state index contributed by atoms with van der Waals surface area (Å²) in [5, 5.41) is 0.133. The topological polar surface area (TPSA) is 77.5 Å². The van der Waals surface area contributed by atoms with Crippen LogP contribution in [-0.2, 0) is 19.5 Å². The van der Waals surface area contributed by atoms with Crippen molar-refractivity contribution in [3.8, 4) is 0 Å². The first-order valence-electron chi connectivity index (χ1n) is 5.72. The number of aromatic nitrogens is 1. The molecule has 8 heteroatoms. The van der Waals surface area contributed by atoms with Crippen LogP contribution in [0.4, 0.5) is 0 Å². The van der Waals surface area contributed by atoms with E-state index in [-0.39, 0.29) is 16.6 Å². The van der Waals surface area contributed by atoms with E-state index < -0.39 is 15.6 Å². The van der Waals surface area contributed by atoms with E-state index in [1.54, 1.807) is 7.11 Å². The average Bonchev–Trinajstić information content (AvgIpc) is 2.86. The smallest absolute Gasteiger partial charge is 0.240 e. The highest BCUT2D eigenvalue weighted by molar-refractivity contribution is 7.89. The molecule has 1 aliphatic rings. The van der Waals surface area contributed by atoms with Gasteiger partial charge >= 0.3 is 0 Å². The van der Waals surface area contributed by atoms with Gasteiger partial charge in [-0.25, -0.2) is 18.1 Å². The summed E-state index contributed by atoms with van der Waals surface area (Å²) in [6, 6.07) is 2.69. The SMILES string of the molecule is COC1(CNS(=O)(=O)c2ccnc(Cl)c2)CCOC1. The van der Waals surface area contributed by atoms with E-state index in [1.165, 1.54) is 18.3 Å². The Labute approximate surface area is 117 Å². The van der Waals surface area contributed by atoms with Gasteiger partial charge in [0, 0.05) is 32.9 Å². The maximum Gasteiger partial charge on any atom is 0.240 e. The van der Waals surface area contributed by atoms with Crippen molar-refractivity contribution in [3.05, 3.63) is 23.5 Å². The largest absolute Gasteiger partial charge is 0.378 e. The van der Waals surface area contributed by atoms with Gasteiger partial charge in [0.1, 0.15) is 10.8 Å². The summed E-state index contributed by atoms with van der Waals surface area (Å²) in [7, 11) is -2.08. The molecule has 0 spiro atoms. The van der Waals surface area contributed by atoms with E-state index in [9.17, 15) is 8.42 Å². The Bertz CT molecular complexity index is 543. The molecule has 19 heavy (non-hydrogen) atoms. The molecule has 1 atom stereocenters. The summed E-state index contributed by atoms with van der Waals surface area (Å²) >= 11 is 5.68. The third-order valence-electron chi connectivity index (χ3n) is 3.09. The van der Waals surface area contributed by atoms with Gasteiger partial charge in [0.05, 0.1) is 11.5 Å². The van der Waals surface area contributed by atoms with Gasteiger partial charge in [0.2, 0.25) is 10.0 Å². The number of methoxy groups -OCH3 is 1. The number of nitrogens with zero attached hydrogens (tertiary/aromatic N) is 1. The van der Waals surface area contributed by atoms with Gasteiger partial charge in [-0.05, 0) is 12.1 Å². The van der Waals surface area contributed by atoms with E-state index in [0.717, 1.165) is 0 Å². The Hall–Kier alpha value is -0.730. The molecule has 2 rings (SSSR count). The number of halogens is 1. The van der Waals surface area contributed by atoms with E-state index in [2.05, 4.69) is 9.71 Å². The lowest BCUT2D eigenvalue weighted by atomic mass is 10.0. The minimum atomic E-state index is -3.63. The highest BCUT2D eigenvalue weighted by atomic mass is 35.5. The van der Waals surface area contributed by atoms with Crippen molar-refractivity contribution in [3.63, 3.8) is 0 Å². The molecule has 0 amide bonds. The second kappa shape index (κ2) is 5.72. The second-order valence-corrected chi connectivity index (χ2v) is 6.48.